The van der Waals surface area contributed by atoms with Crippen molar-refractivity contribution in [2.24, 2.45) is 4.99 Å². The first-order valence-electron chi connectivity index (χ1n) is 13.3. The minimum absolute atomic E-state index is 0.0332. The molecule has 2 aliphatic carbocycles. The molecule has 9 nitrogen and oxygen atoms in total. The molecule has 0 atom stereocenters. The topological polar surface area (TPSA) is 107 Å². The number of ether oxygens (including phenoxy) is 2. The summed E-state index contributed by atoms with van der Waals surface area (Å²) in [6, 6.07) is 8.70. The van der Waals surface area contributed by atoms with Gasteiger partial charge in [-0.3, -0.25) is 24.8 Å². The van der Waals surface area contributed by atoms with Gasteiger partial charge in [-0.2, -0.15) is 0 Å². The van der Waals surface area contributed by atoms with Crippen LogP contribution in [0.1, 0.15) is 69.8 Å². The van der Waals surface area contributed by atoms with Gasteiger partial charge >= 0.3 is 0 Å². The van der Waals surface area contributed by atoms with Crippen LogP contribution in [0.15, 0.2) is 46.4 Å². The van der Waals surface area contributed by atoms with Gasteiger partial charge in [-0.25, -0.2) is 4.98 Å². The fourth-order valence-corrected chi connectivity index (χ4v) is 6.38. The van der Waals surface area contributed by atoms with Crippen molar-refractivity contribution in [2.45, 2.75) is 76.3 Å². The van der Waals surface area contributed by atoms with Crippen LogP contribution in [-0.2, 0) is 4.79 Å². The van der Waals surface area contributed by atoms with Gasteiger partial charge in [-0.05, 0) is 61.2 Å². The quantitative estimate of drug-likeness (QED) is 0.219. The smallest absolute Gasteiger partial charge is 0.287 e. The summed E-state index contributed by atoms with van der Waals surface area (Å²) in [4.78, 5) is 35.7. The second-order valence-electron chi connectivity index (χ2n) is 9.91. The van der Waals surface area contributed by atoms with Gasteiger partial charge in [0, 0.05) is 18.2 Å². The maximum absolute atomic E-state index is 13.6. The van der Waals surface area contributed by atoms with Crippen molar-refractivity contribution in [2.75, 3.05) is 7.11 Å². The molecule has 0 spiro atoms. The molecule has 3 fully saturated rings. The Morgan fingerprint density at radius 1 is 1.05 bits per heavy atom. The zero-order chi connectivity index (χ0) is 26.5. The fraction of sp³-hybridized carbons (Fsp3) is 0.464. The lowest BCUT2D eigenvalue weighted by Gasteiger charge is -2.31. The maximum atomic E-state index is 13.6. The molecule has 1 saturated heterocycles. The average Bonchev–Trinajstić information content (AvgIpc) is 3.24. The lowest BCUT2D eigenvalue weighted by molar-refractivity contribution is -0.385. The Morgan fingerprint density at radius 3 is 2.45 bits per heavy atom. The third kappa shape index (κ3) is 6.01. The molecule has 0 N–H and O–H groups in total. The summed E-state index contributed by atoms with van der Waals surface area (Å²) in [5.41, 5.74) is 0.697. The second kappa shape index (κ2) is 12.0. The molecule has 200 valence electrons. The van der Waals surface area contributed by atoms with Gasteiger partial charge in [0.05, 0.1) is 23.0 Å². The van der Waals surface area contributed by atoms with E-state index in [1.807, 2.05) is 23.1 Å². The number of carbonyl (C=O) groups is 1. The molecule has 1 aromatic heterocycles. The molecule has 38 heavy (non-hydrogen) atoms. The molecule has 2 saturated carbocycles. The van der Waals surface area contributed by atoms with Gasteiger partial charge in [-0.1, -0.05) is 44.6 Å². The van der Waals surface area contributed by atoms with Crippen LogP contribution in [0, 0.1) is 10.1 Å². The Hall–Kier alpha value is -3.40. The van der Waals surface area contributed by atoms with E-state index in [0.717, 1.165) is 55.5 Å². The number of thioether (sulfide) groups is 1. The normalized spacial score (nSPS) is 21.3. The molecule has 2 heterocycles. The number of carbonyl (C=O) groups excluding carboxylic acids is 1. The number of amides is 1. The largest absolute Gasteiger partial charge is 0.493 e. The van der Waals surface area contributed by atoms with Crippen LogP contribution in [0.25, 0.3) is 6.08 Å². The Bertz CT molecular complexity index is 1230. The summed E-state index contributed by atoms with van der Waals surface area (Å²) in [6.45, 7) is 0. The van der Waals surface area contributed by atoms with Crippen molar-refractivity contribution < 1.29 is 19.2 Å². The SMILES string of the molecule is COc1cc(C=C2SC(=NC3CCCCC3)N(C3CCCCC3)C2=O)ccc1Oc1ccc([N+](=O)[O-])cn1. The number of hydrogen-bond donors (Lipinski definition) is 0. The average molecular weight is 537 g/mol. The van der Waals surface area contributed by atoms with E-state index in [1.54, 1.807) is 6.07 Å². The summed E-state index contributed by atoms with van der Waals surface area (Å²) < 4.78 is 11.3. The van der Waals surface area contributed by atoms with Crippen molar-refractivity contribution >= 4 is 34.6 Å². The maximum Gasteiger partial charge on any atom is 0.287 e. The van der Waals surface area contributed by atoms with E-state index < -0.39 is 4.92 Å². The fourth-order valence-electron chi connectivity index (χ4n) is 5.27. The molecule has 0 bridgehead atoms. The van der Waals surface area contributed by atoms with Crippen LogP contribution in [0.4, 0.5) is 5.69 Å². The number of nitrogens with zero attached hydrogens (tertiary/aromatic N) is 4. The van der Waals surface area contributed by atoms with E-state index in [-0.39, 0.29) is 23.5 Å². The van der Waals surface area contributed by atoms with Crippen LogP contribution in [-0.4, -0.2) is 45.1 Å². The first-order valence-corrected chi connectivity index (χ1v) is 14.1. The molecule has 1 aliphatic heterocycles. The van der Waals surface area contributed by atoms with Crippen LogP contribution >= 0.6 is 11.8 Å². The van der Waals surface area contributed by atoms with Gasteiger partial charge in [-0.15, -0.1) is 0 Å². The lowest BCUT2D eigenvalue weighted by atomic mass is 9.94. The molecule has 10 heteroatoms. The molecule has 1 aromatic carbocycles. The van der Waals surface area contributed by atoms with E-state index in [2.05, 4.69) is 4.98 Å². The molecular formula is C28H32N4O5S. The van der Waals surface area contributed by atoms with Crippen LogP contribution in [0.5, 0.6) is 17.4 Å². The molecular weight excluding hydrogens is 504 g/mol. The summed E-state index contributed by atoms with van der Waals surface area (Å²) in [6.07, 6.45) is 14.5. The summed E-state index contributed by atoms with van der Waals surface area (Å²) in [5.74, 6) is 1.14. The Kier molecular flexibility index (Phi) is 8.26. The number of hydrogen-bond acceptors (Lipinski definition) is 8. The highest BCUT2D eigenvalue weighted by molar-refractivity contribution is 8.18. The Balaban J connectivity index is 1.38. The van der Waals surface area contributed by atoms with E-state index in [9.17, 15) is 14.9 Å². The van der Waals surface area contributed by atoms with E-state index in [0.29, 0.717) is 22.4 Å². The number of benzene rings is 1. The van der Waals surface area contributed by atoms with Crippen molar-refractivity contribution in [3.05, 3.63) is 57.1 Å². The number of methoxy groups -OCH3 is 1. The summed E-state index contributed by atoms with van der Waals surface area (Å²) in [5, 5.41) is 11.7. The van der Waals surface area contributed by atoms with Crippen molar-refractivity contribution in [3.63, 3.8) is 0 Å². The van der Waals surface area contributed by atoms with Crippen LogP contribution in [0.2, 0.25) is 0 Å². The number of pyridine rings is 1. The summed E-state index contributed by atoms with van der Waals surface area (Å²) in [7, 11) is 1.54. The zero-order valence-electron chi connectivity index (χ0n) is 21.5. The number of rotatable bonds is 7. The third-order valence-electron chi connectivity index (χ3n) is 7.28. The van der Waals surface area contributed by atoms with Crippen LogP contribution < -0.4 is 9.47 Å². The van der Waals surface area contributed by atoms with Gasteiger partial charge in [0.2, 0.25) is 5.88 Å². The minimum atomic E-state index is -0.511. The second-order valence-corrected chi connectivity index (χ2v) is 10.9. The molecule has 3 aliphatic rings. The molecule has 0 unspecified atom stereocenters. The number of aliphatic imine (C=N–C) groups is 1. The number of amidine groups is 1. The molecule has 1 amide bonds. The van der Waals surface area contributed by atoms with Crippen molar-refractivity contribution in [3.8, 4) is 17.4 Å². The standard InChI is InChI=1S/C28H32N4O5S/c1-36-24-16-19(12-14-23(24)37-26-15-13-22(18-29-26)32(34)35)17-25-27(33)31(21-10-6-3-7-11-21)28(38-25)30-20-8-4-2-5-9-20/h12-18,20-21H,2-11H2,1H3. The molecule has 0 radical (unpaired) electrons. The highest BCUT2D eigenvalue weighted by atomic mass is 32.2. The highest BCUT2D eigenvalue weighted by Gasteiger charge is 2.39. The van der Waals surface area contributed by atoms with Crippen LogP contribution in [0.3, 0.4) is 0 Å². The zero-order valence-corrected chi connectivity index (χ0v) is 22.3. The minimum Gasteiger partial charge on any atom is -0.493 e. The van der Waals surface area contributed by atoms with Gasteiger partial charge in [0.15, 0.2) is 16.7 Å². The first-order chi connectivity index (χ1) is 18.5. The lowest BCUT2D eigenvalue weighted by Crippen LogP contribution is -2.41. The first kappa shape index (κ1) is 26.2. The van der Waals surface area contributed by atoms with Crippen molar-refractivity contribution in [1.29, 1.82) is 0 Å². The van der Waals surface area contributed by atoms with E-state index in [1.165, 1.54) is 56.7 Å². The highest BCUT2D eigenvalue weighted by Crippen LogP contribution is 2.39. The Labute approximate surface area is 226 Å². The van der Waals surface area contributed by atoms with E-state index in [4.69, 9.17) is 14.5 Å². The van der Waals surface area contributed by atoms with E-state index >= 15 is 0 Å². The molecule has 5 rings (SSSR count). The number of aromatic nitrogens is 1. The third-order valence-corrected chi connectivity index (χ3v) is 8.27. The number of nitro groups is 1. The van der Waals surface area contributed by atoms with Gasteiger partial charge in [0.25, 0.3) is 11.6 Å². The Morgan fingerprint density at radius 2 is 1.79 bits per heavy atom. The summed E-state index contributed by atoms with van der Waals surface area (Å²) >= 11 is 1.48. The predicted octanol–water partition coefficient (Wildman–Crippen LogP) is 6.73. The monoisotopic (exact) mass is 536 g/mol. The van der Waals surface area contributed by atoms with Gasteiger partial charge in [0.1, 0.15) is 6.20 Å². The molecule has 2 aromatic rings. The predicted molar refractivity (Wildman–Crippen MR) is 148 cm³/mol. The van der Waals surface area contributed by atoms with Crippen molar-refractivity contribution in [1.82, 2.24) is 9.88 Å². The van der Waals surface area contributed by atoms with Gasteiger partial charge < -0.3 is 9.47 Å².